The molecule has 1 aromatic carbocycles. The molecule has 0 spiro atoms. The second-order valence-corrected chi connectivity index (χ2v) is 5.01. The molecule has 0 fully saturated rings. The Morgan fingerprint density at radius 1 is 1.33 bits per heavy atom. The van der Waals surface area contributed by atoms with Crippen molar-refractivity contribution in [2.24, 2.45) is 5.73 Å². The molecule has 0 radical (unpaired) electrons. The predicted molar refractivity (Wildman–Crippen MR) is 81.5 cm³/mol. The van der Waals surface area contributed by atoms with Crippen molar-refractivity contribution in [1.82, 2.24) is 5.32 Å². The van der Waals surface area contributed by atoms with Crippen LogP contribution in [-0.4, -0.2) is 24.7 Å². The van der Waals surface area contributed by atoms with Gasteiger partial charge in [-0.05, 0) is 36.4 Å². The minimum Gasteiger partial charge on any atom is -0.352 e. The molecule has 18 heavy (non-hydrogen) atoms. The summed E-state index contributed by atoms with van der Waals surface area (Å²) in [7, 11) is 0. The van der Waals surface area contributed by atoms with E-state index in [0.717, 1.165) is 17.9 Å². The summed E-state index contributed by atoms with van der Waals surface area (Å²) in [5.74, 6) is 2.10. The smallest absolute Gasteiger partial charge is 0.251 e. The minimum atomic E-state index is -0.0202. The lowest BCUT2D eigenvalue weighted by Crippen LogP contribution is -2.25. The van der Waals surface area contributed by atoms with E-state index < -0.39 is 0 Å². The molecule has 3 N–H and O–H groups in total. The number of halogens is 1. The number of rotatable bonds is 7. The van der Waals surface area contributed by atoms with Crippen LogP contribution < -0.4 is 11.1 Å². The van der Waals surface area contributed by atoms with Crippen LogP contribution in [0.5, 0.6) is 0 Å². The molecule has 0 bridgehead atoms. The highest BCUT2D eigenvalue weighted by molar-refractivity contribution is 7.98. The summed E-state index contributed by atoms with van der Waals surface area (Å²) in [4.78, 5) is 11.7. The fraction of sp³-hybridized carbons (Fsp3) is 0.462. The summed E-state index contributed by atoms with van der Waals surface area (Å²) < 4.78 is 0. The van der Waals surface area contributed by atoms with E-state index >= 15 is 0 Å². The zero-order valence-electron chi connectivity index (χ0n) is 10.6. The molecule has 1 aromatic rings. The Kier molecular flexibility index (Phi) is 9.83. The van der Waals surface area contributed by atoms with Crippen molar-refractivity contribution < 1.29 is 4.79 Å². The van der Waals surface area contributed by atoms with Crippen molar-refractivity contribution in [2.45, 2.75) is 19.1 Å². The molecule has 0 aliphatic heterocycles. The second kappa shape index (κ2) is 10.2. The Hall–Kier alpha value is -0.710. The maximum absolute atomic E-state index is 11.7. The Balaban J connectivity index is 0.00000289. The van der Waals surface area contributed by atoms with Crippen molar-refractivity contribution in [1.29, 1.82) is 0 Å². The van der Waals surface area contributed by atoms with E-state index in [1.165, 1.54) is 5.56 Å². The Morgan fingerprint density at radius 2 is 2.00 bits per heavy atom. The van der Waals surface area contributed by atoms with Gasteiger partial charge in [-0.1, -0.05) is 19.1 Å². The van der Waals surface area contributed by atoms with E-state index in [2.05, 4.69) is 12.2 Å². The standard InChI is InChI=1S/C13H20N2OS.ClH/c1-2-17-10-11-4-6-12(7-5-11)13(16)15-9-3-8-14;/h4-7H,2-3,8-10,14H2,1H3,(H,15,16);1H. The van der Waals surface area contributed by atoms with E-state index in [4.69, 9.17) is 5.73 Å². The molecule has 102 valence electrons. The highest BCUT2D eigenvalue weighted by Crippen LogP contribution is 2.12. The number of thioether (sulfide) groups is 1. The first kappa shape index (κ1) is 17.3. The molecule has 5 heteroatoms. The van der Waals surface area contributed by atoms with Gasteiger partial charge in [0.1, 0.15) is 0 Å². The molecule has 0 aromatic heterocycles. The van der Waals surface area contributed by atoms with Gasteiger partial charge in [-0.2, -0.15) is 11.8 Å². The first-order chi connectivity index (χ1) is 8.27. The van der Waals surface area contributed by atoms with Crippen molar-refractivity contribution in [3.8, 4) is 0 Å². The zero-order valence-corrected chi connectivity index (χ0v) is 12.3. The number of carbonyl (C=O) groups is 1. The maximum Gasteiger partial charge on any atom is 0.251 e. The molecular weight excluding hydrogens is 268 g/mol. The molecule has 1 rings (SSSR count). The summed E-state index contributed by atoms with van der Waals surface area (Å²) >= 11 is 1.88. The highest BCUT2D eigenvalue weighted by Gasteiger charge is 2.03. The SMILES string of the molecule is CCSCc1ccc(C(=O)NCCCN)cc1.Cl. The fourth-order valence-corrected chi connectivity index (χ4v) is 2.01. The topological polar surface area (TPSA) is 55.1 Å². The lowest BCUT2D eigenvalue weighted by atomic mass is 10.1. The maximum atomic E-state index is 11.7. The van der Waals surface area contributed by atoms with Gasteiger partial charge < -0.3 is 11.1 Å². The predicted octanol–water partition coefficient (Wildman–Crippen LogP) is 2.44. The van der Waals surface area contributed by atoms with Crippen molar-refractivity contribution >= 4 is 30.1 Å². The largest absolute Gasteiger partial charge is 0.352 e. The third-order valence-corrected chi connectivity index (χ3v) is 3.30. The Morgan fingerprint density at radius 3 is 2.56 bits per heavy atom. The zero-order chi connectivity index (χ0) is 12.5. The lowest BCUT2D eigenvalue weighted by molar-refractivity contribution is 0.0953. The van der Waals surface area contributed by atoms with Crippen molar-refractivity contribution in [3.05, 3.63) is 35.4 Å². The fourth-order valence-electron chi connectivity index (χ4n) is 1.38. The molecule has 1 amide bonds. The number of carbonyl (C=O) groups excluding carboxylic acids is 1. The van der Waals surface area contributed by atoms with Gasteiger partial charge in [-0.15, -0.1) is 12.4 Å². The molecule has 0 saturated heterocycles. The van der Waals surface area contributed by atoms with Crippen LogP contribution in [0.3, 0.4) is 0 Å². The molecule has 0 atom stereocenters. The van der Waals surface area contributed by atoms with E-state index in [0.29, 0.717) is 18.7 Å². The third-order valence-electron chi connectivity index (χ3n) is 2.36. The summed E-state index contributed by atoms with van der Waals surface area (Å²) in [6, 6.07) is 7.79. The monoisotopic (exact) mass is 288 g/mol. The molecule has 0 heterocycles. The lowest BCUT2D eigenvalue weighted by Gasteiger charge is -2.05. The quantitative estimate of drug-likeness (QED) is 0.758. The van der Waals surface area contributed by atoms with E-state index in [9.17, 15) is 4.79 Å². The molecule has 0 aliphatic carbocycles. The summed E-state index contributed by atoms with van der Waals surface area (Å²) in [5, 5.41) is 2.84. The van der Waals surface area contributed by atoms with Gasteiger partial charge in [0.15, 0.2) is 0 Å². The first-order valence-electron chi connectivity index (χ1n) is 5.93. The first-order valence-corrected chi connectivity index (χ1v) is 7.08. The van der Waals surface area contributed by atoms with Gasteiger partial charge in [0.25, 0.3) is 5.91 Å². The van der Waals surface area contributed by atoms with Gasteiger partial charge in [0.2, 0.25) is 0 Å². The second-order valence-electron chi connectivity index (χ2n) is 3.73. The summed E-state index contributed by atoms with van der Waals surface area (Å²) in [5.41, 5.74) is 7.34. The van der Waals surface area contributed by atoms with Gasteiger partial charge in [0.05, 0.1) is 0 Å². The van der Waals surface area contributed by atoms with Gasteiger partial charge >= 0.3 is 0 Å². The Labute approximate surface area is 119 Å². The summed E-state index contributed by atoms with van der Waals surface area (Å²) in [6.45, 7) is 3.39. The van der Waals surface area contributed by atoms with Crippen LogP contribution in [-0.2, 0) is 5.75 Å². The normalized spacial score (nSPS) is 9.67. The van der Waals surface area contributed by atoms with Crippen molar-refractivity contribution in [2.75, 3.05) is 18.8 Å². The van der Waals surface area contributed by atoms with Crippen LogP contribution in [0.15, 0.2) is 24.3 Å². The highest BCUT2D eigenvalue weighted by atomic mass is 35.5. The van der Waals surface area contributed by atoms with Crippen LogP contribution in [0.1, 0.15) is 29.3 Å². The van der Waals surface area contributed by atoms with E-state index in [1.54, 1.807) is 0 Å². The van der Waals surface area contributed by atoms with E-state index in [-0.39, 0.29) is 18.3 Å². The molecular formula is C13H21ClN2OS. The van der Waals surface area contributed by atoms with Gasteiger partial charge in [0, 0.05) is 17.9 Å². The molecule has 0 aliphatic rings. The summed E-state index contributed by atoms with van der Waals surface area (Å²) in [6.07, 6.45) is 0.816. The molecule has 3 nitrogen and oxygen atoms in total. The van der Waals surface area contributed by atoms with E-state index in [1.807, 2.05) is 36.0 Å². The Bertz CT molecular complexity index is 343. The van der Waals surface area contributed by atoms with Gasteiger partial charge in [-0.3, -0.25) is 4.79 Å². The number of nitrogens with two attached hydrogens (primary N) is 1. The average molecular weight is 289 g/mol. The number of amides is 1. The van der Waals surface area contributed by atoms with Crippen LogP contribution in [0.25, 0.3) is 0 Å². The van der Waals surface area contributed by atoms with Crippen LogP contribution in [0, 0.1) is 0 Å². The minimum absolute atomic E-state index is 0. The molecule has 0 unspecified atom stereocenters. The van der Waals surface area contributed by atoms with Gasteiger partial charge in [-0.25, -0.2) is 0 Å². The van der Waals surface area contributed by atoms with Crippen LogP contribution in [0.4, 0.5) is 0 Å². The number of hydrogen-bond donors (Lipinski definition) is 2. The number of benzene rings is 1. The van der Waals surface area contributed by atoms with Crippen LogP contribution in [0.2, 0.25) is 0 Å². The van der Waals surface area contributed by atoms with Crippen molar-refractivity contribution in [3.63, 3.8) is 0 Å². The number of hydrogen-bond acceptors (Lipinski definition) is 3. The number of nitrogens with one attached hydrogen (secondary N) is 1. The molecule has 0 saturated carbocycles. The average Bonchev–Trinajstić information content (AvgIpc) is 2.37. The third kappa shape index (κ3) is 6.28. The van der Waals surface area contributed by atoms with Crippen LogP contribution >= 0.6 is 24.2 Å².